The molecule has 0 aliphatic heterocycles. The first-order valence-electron chi connectivity index (χ1n) is 7.77. The van der Waals surface area contributed by atoms with Crippen molar-refractivity contribution >= 4 is 29.1 Å². The Bertz CT molecular complexity index is 716. The molecule has 0 aliphatic carbocycles. The zero-order valence-electron chi connectivity index (χ0n) is 14.0. The number of hydrogen-bond donors (Lipinski definition) is 2. The summed E-state index contributed by atoms with van der Waals surface area (Å²) in [4.78, 5) is 36.6. The summed E-state index contributed by atoms with van der Waals surface area (Å²) in [6.07, 6.45) is 0.0118. The second-order valence-corrected chi connectivity index (χ2v) is 6.37. The fourth-order valence-corrected chi connectivity index (χ4v) is 2.85. The van der Waals surface area contributed by atoms with Crippen LogP contribution < -0.4 is 10.6 Å². The average Bonchev–Trinajstić information content (AvgIpc) is 3.16. The Hall–Kier alpha value is -2.67. The minimum atomic E-state index is -0.738. The monoisotopic (exact) mass is 360 g/mol. The van der Waals surface area contributed by atoms with Crippen molar-refractivity contribution < 1.29 is 19.1 Å². The molecule has 0 saturated heterocycles. The first kappa shape index (κ1) is 18.7. The number of carbonyl (C=O) groups is 3. The van der Waals surface area contributed by atoms with Crippen molar-refractivity contribution in [1.29, 1.82) is 0 Å². The predicted octanol–water partition coefficient (Wildman–Crippen LogP) is 2.29. The lowest BCUT2D eigenvalue weighted by Gasteiger charge is -2.21. The Kier molecular flexibility index (Phi) is 6.71. The summed E-state index contributed by atoms with van der Waals surface area (Å²) in [6.45, 7) is 1.60. The lowest BCUT2D eigenvalue weighted by molar-refractivity contribution is -0.141. The quantitative estimate of drug-likeness (QED) is 0.742. The standard InChI is InChI=1S/C18H20N2O4S/c1-12(19-18(23)15-9-6-10-25-15)17(22)20-14(11-16(21)24-2)13-7-4-3-5-8-13/h3-10,12,14H,11H2,1-2H3,(H,19,23)(H,20,22)/t12-,14+/m1/s1. The Balaban J connectivity index is 2.02. The van der Waals surface area contributed by atoms with Gasteiger partial charge in [0.15, 0.2) is 0 Å². The van der Waals surface area contributed by atoms with E-state index in [0.717, 1.165) is 5.56 Å². The molecular weight excluding hydrogens is 340 g/mol. The smallest absolute Gasteiger partial charge is 0.307 e. The maximum absolute atomic E-state index is 12.4. The summed E-state index contributed by atoms with van der Waals surface area (Å²) in [7, 11) is 1.30. The molecular formula is C18H20N2O4S. The van der Waals surface area contributed by atoms with Gasteiger partial charge in [0.25, 0.3) is 5.91 Å². The molecule has 6 nitrogen and oxygen atoms in total. The van der Waals surface area contributed by atoms with E-state index in [9.17, 15) is 14.4 Å². The third kappa shape index (κ3) is 5.42. The molecule has 25 heavy (non-hydrogen) atoms. The number of esters is 1. The summed E-state index contributed by atoms with van der Waals surface area (Å²) in [5.74, 6) is -1.10. The number of amides is 2. The lowest BCUT2D eigenvalue weighted by atomic mass is 10.0. The molecule has 0 radical (unpaired) electrons. The normalized spacial score (nSPS) is 12.7. The van der Waals surface area contributed by atoms with Crippen LogP contribution in [-0.4, -0.2) is 30.9 Å². The number of nitrogens with one attached hydrogen (secondary N) is 2. The van der Waals surface area contributed by atoms with Crippen LogP contribution in [-0.2, 0) is 14.3 Å². The topological polar surface area (TPSA) is 84.5 Å². The molecule has 7 heteroatoms. The highest BCUT2D eigenvalue weighted by Crippen LogP contribution is 2.17. The third-order valence-corrected chi connectivity index (χ3v) is 4.47. The first-order valence-corrected chi connectivity index (χ1v) is 8.65. The van der Waals surface area contributed by atoms with Gasteiger partial charge in [-0.2, -0.15) is 0 Å². The molecule has 1 aromatic heterocycles. The molecule has 0 aliphatic rings. The molecule has 0 saturated carbocycles. The molecule has 2 atom stereocenters. The van der Waals surface area contributed by atoms with E-state index in [0.29, 0.717) is 4.88 Å². The lowest BCUT2D eigenvalue weighted by Crippen LogP contribution is -2.46. The molecule has 0 spiro atoms. The van der Waals surface area contributed by atoms with Crippen LogP contribution in [0.2, 0.25) is 0 Å². The zero-order chi connectivity index (χ0) is 18.2. The highest BCUT2D eigenvalue weighted by atomic mass is 32.1. The van der Waals surface area contributed by atoms with Crippen molar-refractivity contribution in [2.75, 3.05) is 7.11 Å². The third-order valence-electron chi connectivity index (χ3n) is 3.60. The minimum Gasteiger partial charge on any atom is -0.469 e. The van der Waals surface area contributed by atoms with Crippen LogP contribution in [0.25, 0.3) is 0 Å². The molecule has 2 amide bonds. The van der Waals surface area contributed by atoms with E-state index in [1.165, 1.54) is 18.4 Å². The second kappa shape index (κ2) is 8.98. The highest BCUT2D eigenvalue weighted by Gasteiger charge is 2.23. The van der Waals surface area contributed by atoms with Gasteiger partial charge in [-0.05, 0) is 23.9 Å². The van der Waals surface area contributed by atoms with Gasteiger partial charge in [-0.25, -0.2) is 0 Å². The van der Waals surface area contributed by atoms with Crippen LogP contribution in [0, 0.1) is 0 Å². The van der Waals surface area contributed by atoms with Crippen LogP contribution in [0.15, 0.2) is 47.8 Å². The number of thiophene rings is 1. The van der Waals surface area contributed by atoms with Crippen LogP contribution >= 0.6 is 11.3 Å². The summed E-state index contributed by atoms with van der Waals surface area (Å²) in [5.41, 5.74) is 0.790. The van der Waals surface area contributed by atoms with E-state index in [-0.39, 0.29) is 18.2 Å². The largest absolute Gasteiger partial charge is 0.469 e. The SMILES string of the molecule is COC(=O)C[C@H](NC(=O)[C@@H](C)NC(=O)c1cccs1)c1ccccc1. The maximum Gasteiger partial charge on any atom is 0.307 e. The van der Waals surface area contributed by atoms with Crippen molar-refractivity contribution in [2.24, 2.45) is 0 Å². The van der Waals surface area contributed by atoms with Gasteiger partial charge in [0, 0.05) is 0 Å². The second-order valence-electron chi connectivity index (χ2n) is 5.42. The number of methoxy groups -OCH3 is 1. The van der Waals surface area contributed by atoms with Gasteiger partial charge in [-0.1, -0.05) is 36.4 Å². The van der Waals surface area contributed by atoms with Crippen LogP contribution in [0.5, 0.6) is 0 Å². The van der Waals surface area contributed by atoms with Gasteiger partial charge >= 0.3 is 5.97 Å². The summed E-state index contributed by atoms with van der Waals surface area (Å²) in [6, 6.07) is 11.3. The number of hydrogen-bond acceptors (Lipinski definition) is 5. The van der Waals surface area contributed by atoms with Crippen molar-refractivity contribution in [1.82, 2.24) is 10.6 Å². The van der Waals surface area contributed by atoms with E-state index in [1.807, 2.05) is 30.3 Å². The van der Waals surface area contributed by atoms with Gasteiger partial charge in [-0.3, -0.25) is 14.4 Å². The molecule has 2 N–H and O–H groups in total. The Morgan fingerprint density at radius 2 is 1.80 bits per heavy atom. The number of benzene rings is 1. The molecule has 1 aromatic carbocycles. The Labute approximate surface area is 150 Å². The molecule has 132 valence electrons. The summed E-state index contributed by atoms with van der Waals surface area (Å²) < 4.78 is 4.70. The van der Waals surface area contributed by atoms with Gasteiger partial charge in [-0.15, -0.1) is 11.3 Å². The molecule has 0 fully saturated rings. The summed E-state index contributed by atoms with van der Waals surface area (Å²) in [5, 5.41) is 7.24. The van der Waals surface area contributed by atoms with Gasteiger partial charge in [0.1, 0.15) is 6.04 Å². The number of rotatable bonds is 7. The molecule has 2 rings (SSSR count). The van der Waals surface area contributed by atoms with E-state index in [1.54, 1.807) is 24.4 Å². The Morgan fingerprint density at radius 1 is 1.08 bits per heavy atom. The van der Waals surface area contributed by atoms with Crippen LogP contribution in [0.3, 0.4) is 0 Å². The molecule has 1 heterocycles. The molecule has 0 unspecified atom stereocenters. The maximum atomic E-state index is 12.4. The van der Waals surface area contributed by atoms with E-state index in [4.69, 9.17) is 4.74 Å². The van der Waals surface area contributed by atoms with E-state index < -0.39 is 18.1 Å². The fourth-order valence-electron chi connectivity index (χ4n) is 2.23. The van der Waals surface area contributed by atoms with Crippen molar-refractivity contribution in [2.45, 2.75) is 25.4 Å². The molecule has 0 bridgehead atoms. The van der Waals surface area contributed by atoms with E-state index in [2.05, 4.69) is 10.6 Å². The van der Waals surface area contributed by atoms with Gasteiger partial charge < -0.3 is 15.4 Å². The number of carbonyl (C=O) groups excluding carboxylic acids is 3. The van der Waals surface area contributed by atoms with Gasteiger partial charge in [0.05, 0.1) is 24.4 Å². The van der Waals surface area contributed by atoms with Crippen LogP contribution in [0.1, 0.15) is 34.6 Å². The average molecular weight is 360 g/mol. The first-order chi connectivity index (χ1) is 12.0. The predicted molar refractivity (Wildman–Crippen MR) is 95.2 cm³/mol. The fraction of sp³-hybridized carbons (Fsp3) is 0.278. The Morgan fingerprint density at radius 3 is 2.40 bits per heavy atom. The summed E-state index contributed by atoms with van der Waals surface area (Å²) >= 11 is 1.30. The number of ether oxygens (including phenoxy) is 1. The van der Waals surface area contributed by atoms with Crippen molar-refractivity contribution in [3.63, 3.8) is 0 Å². The van der Waals surface area contributed by atoms with Crippen LogP contribution in [0.4, 0.5) is 0 Å². The minimum absolute atomic E-state index is 0.0118. The van der Waals surface area contributed by atoms with E-state index >= 15 is 0 Å². The van der Waals surface area contributed by atoms with Crippen molar-refractivity contribution in [3.05, 3.63) is 58.3 Å². The highest BCUT2D eigenvalue weighted by molar-refractivity contribution is 7.12. The van der Waals surface area contributed by atoms with Gasteiger partial charge in [0.2, 0.25) is 5.91 Å². The zero-order valence-corrected chi connectivity index (χ0v) is 14.8. The van der Waals surface area contributed by atoms with Crippen molar-refractivity contribution in [3.8, 4) is 0 Å². The molecule has 2 aromatic rings.